The van der Waals surface area contributed by atoms with Crippen LogP contribution in [-0.2, 0) is 6.42 Å². The molecule has 0 radical (unpaired) electrons. The van der Waals surface area contributed by atoms with E-state index in [4.69, 9.17) is 4.74 Å². The van der Waals surface area contributed by atoms with E-state index in [9.17, 15) is 13.6 Å². The molecule has 3 rings (SSSR count). The molecule has 2 aromatic carbocycles. The Bertz CT molecular complexity index is 965. The zero-order chi connectivity index (χ0) is 19.9. The molecule has 0 spiro atoms. The fraction of sp³-hybridized carbons (Fsp3) is 0.150. The summed E-state index contributed by atoms with van der Waals surface area (Å²) in [5.41, 5.74) is 1.45. The molecule has 0 unspecified atom stereocenters. The van der Waals surface area contributed by atoms with E-state index >= 15 is 0 Å². The van der Waals surface area contributed by atoms with Crippen molar-refractivity contribution in [1.29, 1.82) is 0 Å². The number of nitrogens with one attached hydrogen (secondary N) is 2. The van der Waals surface area contributed by atoms with Gasteiger partial charge in [-0.25, -0.2) is 18.7 Å². The van der Waals surface area contributed by atoms with Crippen molar-refractivity contribution in [3.63, 3.8) is 0 Å². The molecule has 8 heteroatoms. The van der Waals surface area contributed by atoms with Gasteiger partial charge in [-0.15, -0.1) is 0 Å². The van der Waals surface area contributed by atoms with Crippen LogP contribution in [0.3, 0.4) is 0 Å². The van der Waals surface area contributed by atoms with Crippen LogP contribution in [0.25, 0.3) is 0 Å². The van der Waals surface area contributed by atoms with Gasteiger partial charge in [0.25, 0.3) is 5.91 Å². The van der Waals surface area contributed by atoms with Gasteiger partial charge in [0.15, 0.2) is 11.6 Å². The Labute approximate surface area is 160 Å². The third-order valence-electron chi connectivity index (χ3n) is 3.92. The maximum absolute atomic E-state index is 13.2. The standard InChI is InChI=1S/C20H18F2N4O2/c1-28-16-4-2-3-13(9-16)7-8-23-20-24-11-14(12-25-20)19(27)26-15-5-6-17(21)18(22)10-15/h2-6,9-12H,7-8H2,1H3,(H,26,27)(H,23,24,25). The summed E-state index contributed by atoms with van der Waals surface area (Å²) in [6.07, 6.45) is 3.46. The molecule has 0 aliphatic heterocycles. The summed E-state index contributed by atoms with van der Waals surface area (Å²) in [5, 5.41) is 5.54. The Balaban J connectivity index is 1.53. The number of nitrogens with zero attached hydrogens (tertiary/aromatic N) is 2. The zero-order valence-corrected chi connectivity index (χ0v) is 15.1. The fourth-order valence-electron chi connectivity index (χ4n) is 2.46. The molecular weight excluding hydrogens is 366 g/mol. The van der Waals surface area contributed by atoms with Crippen LogP contribution >= 0.6 is 0 Å². The van der Waals surface area contributed by atoms with E-state index in [2.05, 4.69) is 20.6 Å². The monoisotopic (exact) mass is 384 g/mol. The highest BCUT2D eigenvalue weighted by molar-refractivity contribution is 6.03. The van der Waals surface area contributed by atoms with Gasteiger partial charge in [0.2, 0.25) is 5.95 Å². The van der Waals surface area contributed by atoms with E-state index in [0.29, 0.717) is 12.5 Å². The number of aromatic nitrogens is 2. The summed E-state index contributed by atoms with van der Waals surface area (Å²) in [7, 11) is 1.62. The first kappa shape index (κ1) is 19.2. The van der Waals surface area contributed by atoms with Crippen molar-refractivity contribution in [3.05, 3.63) is 77.6 Å². The minimum atomic E-state index is -1.04. The molecule has 28 heavy (non-hydrogen) atoms. The quantitative estimate of drug-likeness (QED) is 0.650. The number of halogens is 2. The number of benzene rings is 2. The van der Waals surface area contributed by atoms with Gasteiger partial charge in [-0.05, 0) is 36.2 Å². The molecule has 0 bridgehead atoms. The lowest BCUT2D eigenvalue weighted by atomic mass is 10.1. The highest BCUT2D eigenvalue weighted by atomic mass is 19.2. The van der Waals surface area contributed by atoms with Crippen LogP contribution in [0.2, 0.25) is 0 Å². The molecule has 0 aliphatic rings. The lowest BCUT2D eigenvalue weighted by Gasteiger charge is -2.08. The van der Waals surface area contributed by atoms with Crippen molar-refractivity contribution in [2.75, 3.05) is 24.3 Å². The molecular formula is C20H18F2N4O2. The van der Waals surface area contributed by atoms with Gasteiger partial charge in [-0.2, -0.15) is 0 Å². The smallest absolute Gasteiger partial charge is 0.258 e. The molecule has 0 aliphatic carbocycles. The van der Waals surface area contributed by atoms with Crippen LogP contribution in [0.1, 0.15) is 15.9 Å². The zero-order valence-electron chi connectivity index (χ0n) is 15.1. The van der Waals surface area contributed by atoms with Crippen LogP contribution in [0.4, 0.5) is 20.4 Å². The second kappa shape index (κ2) is 8.90. The Morgan fingerprint density at radius 2 is 1.86 bits per heavy atom. The molecule has 1 heterocycles. The largest absolute Gasteiger partial charge is 0.497 e. The number of amides is 1. The SMILES string of the molecule is COc1cccc(CCNc2ncc(C(=O)Nc3ccc(F)c(F)c3)cn2)c1. The highest BCUT2D eigenvalue weighted by Crippen LogP contribution is 2.15. The first-order chi connectivity index (χ1) is 13.5. The van der Waals surface area contributed by atoms with Crippen molar-refractivity contribution in [2.45, 2.75) is 6.42 Å². The fourth-order valence-corrected chi connectivity index (χ4v) is 2.46. The number of methoxy groups -OCH3 is 1. The molecule has 144 valence electrons. The number of ether oxygens (including phenoxy) is 1. The summed E-state index contributed by atoms with van der Waals surface area (Å²) in [4.78, 5) is 20.3. The Kier molecular flexibility index (Phi) is 6.11. The minimum absolute atomic E-state index is 0.143. The average molecular weight is 384 g/mol. The van der Waals surface area contributed by atoms with E-state index < -0.39 is 17.5 Å². The van der Waals surface area contributed by atoms with Gasteiger partial charge in [0.1, 0.15) is 5.75 Å². The normalized spacial score (nSPS) is 10.4. The topological polar surface area (TPSA) is 76.1 Å². The van der Waals surface area contributed by atoms with E-state index in [1.807, 2.05) is 24.3 Å². The Morgan fingerprint density at radius 3 is 2.57 bits per heavy atom. The summed E-state index contributed by atoms with van der Waals surface area (Å²) < 4.78 is 31.3. The molecule has 1 amide bonds. The van der Waals surface area contributed by atoms with Crippen LogP contribution in [0, 0.1) is 11.6 Å². The molecule has 0 atom stereocenters. The second-order valence-corrected chi connectivity index (χ2v) is 5.91. The minimum Gasteiger partial charge on any atom is -0.497 e. The lowest BCUT2D eigenvalue weighted by molar-refractivity contribution is 0.102. The van der Waals surface area contributed by atoms with E-state index in [1.54, 1.807) is 7.11 Å². The average Bonchev–Trinajstić information content (AvgIpc) is 2.71. The predicted molar refractivity (Wildman–Crippen MR) is 102 cm³/mol. The van der Waals surface area contributed by atoms with Crippen molar-refractivity contribution < 1.29 is 18.3 Å². The van der Waals surface area contributed by atoms with Gasteiger partial charge in [0, 0.05) is 30.7 Å². The van der Waals surface area contributed by atoms with Crippen LogP contribution < -0.4 is 15.4 Å². The maximum atomic E-state index is 13.2. The molecule has 0 saturated carbocycles. The lowest BCUT2D eigenvalue weighted by Crippen LogP contribution is -2.14. The van der Waals surface area contributed by atoms with Crippen LogP contribution in [0.15, 0.2) is 54.9 Å². The predicted octanol–water partition coefficient (Wildman–Crippen LogP) is 3.67. The van der Waals surface area contributed by atoms with Crippen LogP contribution in [0.5, 0.6) is 5.75 Å². The van der Waals surface area contributed by atoms with Gasteiger partial charge < -0.3 is 15.4 Å². The number of rotatable bonds is 7. The molecule has 0 saturated heterocycles. The number of carbonyl (C=O) groups is 1. The van der Waals surface area contributed by atoms with Crippen LogP contribution in [-0.4, -0.2) is 29.5 Å². The Morgan fingerprint density at radius 1 is 1.07 bits per heavy atom. The number of anilines is 2. The van der Waals surface area contributed by atoms with Crippen molar-refractivity contribution in [3.8, 4) is 5.75 Å². The molecule has 3 aromatic rings. The van der Waals surface area contributed by atoms with Crippen molar-refractivity contribution >= 4 is 17.5 Å². The summed E-state index contributed by atoms with van der Waals surface area (Å²) >= 11 is 0. The number of hydrogen-bond donors (Lipinski definition) is 2. The Hall–Kier alpha value is -3.55. The number of carbonyl (C=O) groups excluding carboxylic acids is 1. The van der Waals surface area contributed by atoms with E-state index in [1.165, 1.54) is 18.5 Å². The summed E-state index contributed by atoms with van der Waals surface area (Å²) in [6.45, 7) is 0.605. The highest BCUT2D eigenvalue weighted by Gasteiger charge is 2.10. The summed E-state index contributed by atoms with van der Waals surface area (Å²) in [5.74, 6) is -1.36. The molecule has 0 fully saturated rings. The molecule has 1 aromatic heterocycles. The third-order valence-corrected chi connectivity index (χ3v) is 3.92. The van der Waals surface area contributed by atoms with Gasteiger partial charge >= 0.3 is 0 Å². The molecule has 6 nitrogen and oxygen atoms in total. The second-order valence-electron chi connectivity index (χ2n) is 5.91. The van der Waals surface area contributed by atoms with Gasteiger partial charge in [-0.3, -0.25) is 4.79 Å². The van der Waals surface area contributed by atoms with Crippen molar-refractivity contribution in [1.82, 2.24) is 9.97 Å². The van der Waals surface area contributed by atoms with Gasteiger partial charge in [0.05, 0.1) is 12.7 Å². The molecule has 2 N–H and O–H groups in total. The number of hydrogen-bond acceptors (Lipinski definition) is 5. The van der Waals surface area contributed by atoms with Gasteiger partial charge in [-0.1, -0.05) is 12.1 Å². The van der Waals surface area contributed by atoms with E-state index in [0.717, 1.165) is 29.9 Å². The first-order valence-electron chi connectivity index (χ1n) is 8.50. The van der Waals surface area contributed by atoms with Crippen molar-refractivity contribution in [2.24, 2.45) is 0 Å². The maximum Gasteiger partial charge on any atom is 0.258 e. The first-order valence-corrected chi connectivity index (χ1v) is 8.50. The third kappa shape index (κ3) is 5.00. The summed E-state index contributed by atoms with van der Waals surface area (Å²) in [6, 6.07) is 10.9. The van der Waals surface area contributed by atoms with E-state index in [-0.39, 0.29) is 11.3 Å².